The lowest BCUT2D eigenvalue weighted by atomic mass is 9.94. The molecule has 32 heavy (non-hydrogen) atoms. The lowest BCUT2D eigenvalue weighted by Crippen LogP contribution is -2.40. The summed E-state index contributed by atoms with van der Waals surface area (Å²) < 4.78 is 8.35. The smallest absolute Gasteiger partial charge is 0.0594 e. The third-order valence-electron chi connectivity index (χ3n) is 7.04. The molecule has 166 valence electrons. The fourth-order valence-corrected chi connectivity index (χ4v) is 5.46. The molecular weight excluding hydrogens is 392 g/mol. The summed E-state index contributed by atoms with van der Waals surface area (Å²) in [6, 6.07) is 29.8. The van der Waals surface area contributed by atoms with Gasteiger partial charge in [0.15, 0.2) is 0 Å². The molecule has 1 saturated heterocycles. The van der Waals surface area contributed by atoms with Gasteiger partial charge in [0, 0.05) is 47.0 Å². The second kappa shape index (κ2) is 9.89. The molecule has 1 fully saturated rings. The van der Waals surface area contributed by atoms with Gasteiger partial charge in [-0.15, -0.1) is 0 Å². The Morgan fingerprint density at radius 1 is 0.781 bits per heavy atom. The summed E-state index contributed by atoms with van der Waals surface area (Å²) in [6.07, 6.45) is 4.79. The predicted octanol–water partition coefficient (Wildman–Crippen LogP) is 6.99. The first-order chi connectivity index (χ1) is 15.9. The lowest BCUT2D eigenvalue weighted by molar-refractivity contribution is 0.0109. The molecule has 5 rings (SSSR count). The number of ether oxygens (including phenoxy) is 1. The summed E-state index contributed by atoms with van der Waals surface area (Å²) in [4.78, 5) is 2.64. The monoisotopic (exact) mass is 426 g/mol. The molecule has 0 bridgehead atoms. The number of para-hydroxylation sites is 2. The van der Waals surface area contributed by atoms with Crippen LogP contribution >= 0.6 is 0 Å². The number of benzene rings is 3. The Labute approximate surface area is 191 Å². The quantitative estimate of drug-likeness (QED) is 0.302. The number of fused-ring (bicyclic) bond motifs is 3. The molecule has 3 nitrogen and oxygen atoms in total. The number of hydrogen-bond acceptors (Lipinski definition) is 2. The molecular formula is C29H34N2O. The number of nitrogens with zero attached hydrogens (tertiary/aromatic N) is 2. The average molecular weight is 427 g/mol. The van der Waals surface area contributed by atoms with Crippen LogP contribution in [0.4, 0.5) is 0 Å². The third-order valence-corrected chi connectivity index (χ3v) is 7.04. The summed E-state index contributed by atoms with van der Waals surface area (Å²) in [7, 11) is 0. The Morgan fingerprint density at radius 3 is 2.00 bits per heavy atom. The summed E-state index contributed by atoms with van der Waals surface area (Å²) in [5, 5.41) is 2.74. The van der Waals surface area contributed by atoms with Crippen LogP contribution in [0.1, 0.15) is 50.3 Å². The van der Waals surface area contributed by atoms with Gasteiger partial charge >= 0.3 is 0 Å². The van der Waals surface area contributed by atoms with Gasteiger partial charge in [-0.1, -0.05) is 86.5 Å². The van der Waals surface area contributed by atoms with Crippen LogP contribution in [0.3, 0.4) is 0 Å². The molecule has 3 heteroatoms. The van der Waals surface area contributed by atoms with E-state index in [4.69, 9.17) is 4.74 Å². The maximum atomic E-state index is 5.70. The summed E-state index contributed by atoms with van der Waals surface area (Å²) >= 11 is 0. The van der Waals surface area contributed by atoms with Gasteiger partial charge in [0.2, 0.25) is 0 Å². The van der Waals surface area contributed by atoms with Crippen molar-refractivity contribution in [2.24, 2.45) is 0 Å². The van der Waals surface area contributed by atoms with Gasteiger partial charge in [-0.25, -0.2) is 0 Å². The van der Waals surface area contributed by atoms with Gasteiger partial charge in [-0.3, -0.25) is 4.90 Å². The van der Waals surface area contributed by atoms with Crippen molar-refractivity contribution in [1.82, 2.24) is 9.47 Å². The molecule has 0 saturated carbocycles. The van der Waals surface area contributed by atoms with Crippen molar-refractivity contribution in [2.45, 2.75) is 44.7 Å². The summed E-state index contributed by atoms with van der Waals surface area (Å²) in [6.45, 7) is 5.98. The highest BCUT2D eigenvalue weighted by atomic mass is 16.5. The van der Waals surface area contributed by atoms with E-state index in [-0.39, 0.29) is 0 Å². The van der Waals surface area contributed by atoms with Crippen LogP contribution in [0, 0.1) is 0 Å². The highest BCUT2D eigenvalue weighted by Crippen LogP contribution is 2.39. The van der Waals surface area contributed by atoms with E-state index in [1.54, 1.807) is 0 Å². The van der Waals surface area contributed by atoms with E-state index >= 15 is 0 Å². The minimum absolute atomic E-state index is 0.405. The van der Waals surface area contributed by atoms with Gasteiger partial charge in [0.1, 0.15) is 0 Å². The molecule has 0 amide bonds. The van der Waals surface area contributed by atoms with Gasteiger partial charge in [-0.05, 0) is 30.5 Å². The SMILES string of the molecule is CCCC[C@H](C[C@H](c1ccccc1)N1CCOCC1)n1c2ccccc2c2ccccc21. The largest absolute Gasteiger partial charge is 0.379 e. The number of hydrogen-bond donors (Lipinski definition) is 0. The molecule has 0 unspecified atom stereocenters. The van der Waals surface area contributed by atoms with Crippen LogP contribution in [0.25, 0.3) is 21.8 Å². The standard InChI is InChI=1S/C29H34N2O/c1-2-3-13-24(22-29(23-11-5-4-6-12-23)30-18-20-32-21-19-30)31-27-16-9-7-14-25(27)26-15-8-10-17-28(26)31/h4-12,14-17,24,29H,2-3,13,18-22H2,1H3/t24-,29-/m1/s1. The normalized spacial score (nSPS) is 17.0. The van der Waals surface area contributed by atoms with Crippen LogP contribution in [0.15, 0.2) is 78.9 Å². The Morgan fingerprint density at radius 2 is 1.38 bits per heavy atom. The second-order valence-corrected chi connectivity index (χ2v) is 9.01. The number of aromatic nitrogens is 1. The predicted molar refractivity (Wildman–Crippen MR) is 134 cm³/mol. The number of unbranched alkanes of at least 4 members (excludes halogenated alkanes) is 1. The molecule has 0 N–H and O–H groups in total. The first-order valence-electron chi connectivity index (χ1n) is 12.2. The highest BCUT2D eigenvalue weighted by molar-refractivity contribution is 6.08. The van der Waals surface area contributed by atoms with Crippen molar-refractivity contribution in [3.63, 3.8) is 0 Å². The molecule has 4 aromatic rings. The topological polar surface area (TPSA) is 17.4 Å². The molecule has 2 atom stereocenters. The van der Waals surface area contributed by atoms with Crippen molar-refractivity contribution >= 4 is 21.8 Å². The Kier molecular flexibility index (Phi) is 6.56. The van der Waals surface area contributed by atoms with Crippen molar-refractivity contribution in [2.75, 3.05) is 26.3 Å². The lowest BCUT2D eigenvalue weighted by Gasteiger charge is -2.37. The van der Waals surface area contributed by atoms with Gasteiger partial charge in [0.05, 0.1) is 13.2 Å². The van der Waals surface area contributed by atoms with Crippen LogP contribution in [0.2, 0.25) is 0 Å². The zero-order valence-corrected chi connectivity index (χ0v) is 19.1. The van der Waals surface area contributed by atoms with Gasteiger partial charge in [0.25, 0.3) is 0 Å². The first kappa shape index (κ1) is 21.2. The van der Waals surface area contributed by atoms with E-state index < -0.39 is 0 Å². The zero-order valence-electron chi connectivity index (χ0n) is 19.1. The van der Waals surface area contributed by atoms with Gasteiger partial charge in [-0.2, -0.15) is 0 Å². The number of morpholine rings is 1. The third kappa shape index (κ3) is 4.20. The van der Waals surface area contributed by atoms with Crippen molar-refractivity contribution in [1.29, 1.82) is 0 Å². The van der Waals surface area contributed by atoms with E-state index in [9.17, 15) is 0 Å². The van der Waals surface area contributed by atoms with E-state index in [0.29, 0.717) is 12.1 Å². The first-order valence-corrected chi connectivity index (χ1v) is 12.2. The molecule has 2 heterocycles. The average Bonchev–Trinajstić information content (AvgIpc) is 3.20. The van der Waals surface area contributed by atoms with E-state index in [2.05, 4.69) is 95.3 Å². The Bertz CT molecular complexity index is 1090. The molecule has 0 aliphatic carbocycles. The van der Waals surface area contributed by atoms with E-state index in [0.717, 1.165) is 32.7 Å². The Hall–Kier alpha value is -2.62. The maximum Gasteiger partial charge on any atom is 0.0594 e. The summed E-state index contributed by atoms with van der Waals surface area (Å²) in [5.74, 6) is 0. The molecule has 1 aliphatic heterocycles. The molecule has 0 radical (unpaired) electrons. The van der Waals surface area contributed by atoms with Crippen LogP contribution < -0.4 is 0 Å². The fourth-order valence-electron chi connectivity index (χ4n) is 5.46. The van der Waals surface area contributed by atoms with Crippen LogP contribution in [-0.2, 0) is 4.74 Å². The minimum Gasteiger partial charge on any atom is -0.379 e. The van der Waals surface area contributed by atoms with Crippen molar-refractivity contribution in [3.8, 4) is 0 Å². The van der Waals surface area contributed by atoms with Crippen molar-refractivity contribution < 1.29 is 4.74 Å². The minimum atomic E-state index is 0.405. The Balaban J connectivity index is 1.60. The second-order valence-electron chi connectivity index (χ2n) is 9.01. The summed E-state index contributed by atoms with van der Waals surface area (Å²) in [5.41, 5.74) is 4.16. The van der Waals surface area contributed by atoms with E-state index in [1.807, 2.05) is 0 Å². The van der Waals surface area contributed by atoms with E-state index in [1.165, 1.54) is 46.6 Å². The maximum absolute atomic E-state index is 5.70. The van der Waals surface area contributed by atoms with Crippen molar-refractivity contribution in [3.05, 3.63) is 84.4 Å². The molecule has 1 aliphatic rings. The molecule has 0 spiro atoms. The number of rotatable bonds is 8. The molecule has 3 aromatic carbocycles. The van der Waals surface area contributed by atoms with Gasteiger partial charge < -0.3 is 9.30 Å². The van der Waals surface area contributed by atoms with Crippen LogP contribution in [-0.4, -0.2) is 35.8 Å². The molecule has 1 aromatic heterocycles. The highest BCUT2D eigenvalue weighted by Gasteiger charge is 2.28. The zero-order chi connectivity index (χ0) is 21.8. The fraction of sp³-hybridized carbons (Fsp3) is 0.379. The van der Waals surface area contributed by atoms with Crippen LogP contribution in [0.5, 0.6) is 0 Å².